The van der Waals surface area contributed by atoms with Crippen LogP contribution in [-0.2, 0) is 0 Å². The van der Waals surface area contributed by atoms with Gasteiger partial charge in [-0.1, -0.05) is 194 Å². The molecule has 0 unspecified atom stereocenters. The van der Waals surface area contributed by atoms with Crippen LogP contribution in [0.4, 0.5) is 17.1 Å². The summed E-state index contributed by atoms with van der Waals surface area (Å²) in [6, 6.07) is 90.2. The molecular formula is C64H41NO. The summed E-state index contributed by atoms with van der Waals surface area (Å²) in [5.41, 5.74) is 14.6. The van der Waals surface area contributed by atoms with Gasteiger partial charge in [-0.15, -0.1) is 0 Å². The number of hydrogen-bond acceptors (Lipinski definition) is 2. The first-order valence-corrected chi connectivity index (χ1v) is 22.7. The van der Waals surface area contributed by atoms with E-state index in [1.54, 1.807) is 0 Å². The molecule has 12 aromatic carbocycles. The van der Waals surface area contributed by atoms with Crippen LogP contribution in [0.3, 0.4) is 0 Å². The Kier molecular flexibility index (Phi) is 8.89. The van der Waals surface area contributed by atoms with Gasteiger partial charge in [0.25, 0.3) is 0 Å². The first-order chi connectivity index (χ1) is 32.7. The molecule has 13 aromatic rings. The van der Waals surface area contributed by atoms with E-state index >= 15 is 0 Å². The molecule has 2 nitrogen and oxygen atoms in total. The zero-order valence-electron chi connectivity index (χ0n) is 36.0. The maximum absolute atomic E-state index is 6.46. The Bertz CT molecular complexity index is 3960. The van der Waals surface area contributed by atoms with Crippen molar-refractivity contribution < 1.29 is 4.42 Å². The average Bonchev–Trinajstić information content (AvgIpc) is 3.78. The number of fused-ring (bicyclic) bond motifs is 9. The highest BCUT2D eigenvalue weighted by Crippen LogP contribution is 2.47. The third kappa shape index (κ3) is 6.18. The fourth-order valence-corrected chi connectivity index (χ4v) is 10.4. The maximum atomic E-state index is 6.46. The summed E-state index contributed by atoms with van der Waals surface area (Å²) in [6.07, 6.45) is 0. The standard InChI is InChI=1S/C64H41NO/c1-3-16-44(17-4-1)62-55-25-12-11-23-52(55)54-39-34-46(40-58(54)63(62)45-18-5-2-6-19-45)42-30-35-48(36-31-42)65(59-27-15-29-61-64(59)56-26-13-14-28-60(56)66-61)49-37-32-43(33-38-49)57-41-47-20-7-8-21-50(47)51-22-9-10-24-53(51)57/h1-41H. The molecule has 1 aromatic heterocycles. The summed E-state index contributed by atoms with van der Waals surface area (Å²) in [4.78, 5) is 2.38. The van der Waals surface area contributed by atoms with Crippen LogP contribution in [-0.4, -0.2) is 0 Å². The van der Waals surface area contributed by atoms with E-state index in [0.717, 1.165) is 44.6 Å². The van der Waals surface area contributed by atoms with E-state index in [-0.39, 0.29) is 0 Å². The van der Waals surface area contributed by atoms with Gasteiger partial charge in [-0.25, -0.2) is 0 Å². The minimum absolute atomic E-state index is 0.863. The molecule has 0 radical (unpaired) electrons. The van der Waals surface area contributed by atoms with E-state index in [2.05, 4.69) is 248 Å². The molecule has 1 heterocycles. The molecule has 2 heteroatoms. The van der Waals surface area contributed by atoms with Gasteiger partial charge < -0.3 is 9.32 Å². The van der Waals surface area contributed by atoms with Crippen molar-refractivity contribution in [3.8, 4) is 44.5 Å². The monoisotopic (exact) mass is 839 g/mol. The number of furan rings is 1. The highest BCUT2D eigenvalue weighted by molar-refractivity contribution is 6.22. The number of anilines is 3. The third-order valence-electron chi connectivity index (χ3n) is 13.4. The normalized spacial score (nSPS) is 11.6. The van der Waals surface area contributed by atoms with Gasteiger partial charge >= 0.3 is 0 Å². The zero-order chi connectivity index (χ0) is 43.6. The summed E-state index contributed by atoms with van der Waals surface area (Å²) < 4.78 is 6.46. The zero-order valence-corrected chi connectivity index (χ0v) is 36.0. The highest BCUT2D eigenvalue weighted by Gasteiger charge is 2.21. The van der Waals surface area contributed by atoms with E-state index in [0.29, 0.717) is 0 Å². The van der Waals surface area contributed by atoms with Gasteiger partial charge in [-0.05, 0) is 142 Å². The molecule has 13 rings (SSSR count). The van der Waals surface area contributed by atoms with Crippen LogP contribution in [0.5, 0.6) is 0 Å². The molecule has 0 atom stereocenters. The highest BCUT2D eigenvalue weighted by atomic mass is 16.3. The van der Waals surface area contributed by atoms with Crippen molar-refractivity contribution >= 4 is 82.1 Å². The number of benzene rings is 12. The van der Waals surface area contributed by atoms with Gasteiger partial charge in [0.2, 0.25) is 0 Å². The lowest BCUT2D eigenvalue weighted by atomic mass is 9.84. The van der Waals surface area contributed by atoms with Crippen LogP contribution in [0.1, 0.15) is 0 Å². The lowest BCUT2D eigenvalue weighted by molar-refractivity contribution is 0.669. The molecule has 308 valence electrons. The second-order valence-corrected chi connectivity index (χ2v) is 17.2. The van der Waals surface area contributed by atoms with Gasteiger partial charge in [-0.3, -0.25) is 0 Å². The predicted molar refractivity (Wildman–Crippen MR) is 280 cm³/mol. The molecule has 0 saturated carbocycles. The fourth-order valence-electron chi connectivity index (χ4n) is 10.4. The van der Waals surface area contributed by atoms with Crippen LogP contribution in [0.2, 0.25) is 0 Å². The van der Waals surface area contributed by atoms with Gasteiger partial charge in [0, 0.05) is 16.8 Å². The Hall–Kier alpha value is -8.72. The summed E-state index contributed by atoms with van der Waals surface area (Å²) in [5, 5.41) is 12.2. The van der Waals surface area contributed by atoms with Gasteiger partial charge in [-0.2, -0.15) is 0 Å². The number of para-hydroxylation sites is 1. The third-order valence-corrected chi connectivity index (χ3v) is 13.4. The minimum atomic E-state index is 0.863. The van der Waals surface area contributed by atoms with Crippen LogP contribution >= 0.6 is 0 Å². The van der Waals surface area contributed by atoms with E-state index in [4.69, 9.17) is 4.42 Å². The van der Waals surface area contributed by atoms with Crippen molar-refractivity contribution in [2.24, 2.45) is 0 Å². The van der Waals surface area contributed by atoms with Crippen LogP contribution in [0.15, 0.2) is 253 Å². The molecule has 0 aliphatic heterocycles. The number of rotatable bonds is 7. The molecular weight excluding hydrogens is 799 g/mol. The first-order valence-electron chi connectivity index (χ1n) is 22.7. The number of nitrogens with zero attached hydrogens (tertiary/aromatic N) is 1. The largest absolute Gasteiger partial charge is 0.456 e. The molecule has 0 aliphatic rings. The second-order valence-electron chi connectivity index (χ2n) is 17.2. The smallest absolute Gasteiger partial charge is 0.137 e. The van der Waals surface area contributed by atoms with Crippen molar-refractivity contribution in [1.82, 2.24) is 0 Å². The van der Waals surface area contributed by atoms with Crippen molar-refractivity contribution in [1.29, 1.82) is 0 Å². The Morgan fingerprint density at radius 1 is 0.273 bits per heavy atom. The van der Waals surface area contributed by atoms with Crippen molar-refractivity contribution in [3.63, 3.8) is 0 Å². The summed E-state index contributed by atoms with van der Waals surface area (Å²) >= 11 is 0. The molecule has 0 saturated heterocycles. The lowest BCUT2D eigenvalue weighted by Gasteiger charge is -2.27. The van der Waals surface area contributed by atoms with E-state index in [1.807, 2.05) is 6.07 Å². The molecule has 66 heavy (non-hydrogen) atoms. The van der Waals surface area contributed by atoms with Crippen LogP contribution < -0.4 is 4.90 Å². The predicted octanol–water partition coefficient (Wildman–Crippen LogP) is 18.3. The molecule has 0 bridgehead atoms. The maximum Gasteiger partial charge on any atom is 0.137 e. The molecule has 0 amide bonds. The van der Waals surface area contributed by atoms with Crippen LogP contribution in [0.25, 0.3) is 110 Å². The van der Waals surface area contributed by atoms with Crippen molar-refractivity contribution in [3.05, 3.63) is 249 Å². The van der Waals surface area contributed by atoms with Gasteiger partial charge in [0.05, 0.1) is 11.1 Å². The molecule has 0 N–H and O–H groups in total. The topological polar surface area (TPSA) is 16.4 Å². The summed E-state index contributed by atoms with van der Waals surface area (Å²) in [6.45, 7) is 0. The molecule has 0 spiro atoms. The van der Waals surface area contributed by atoms with E-state index in [9.17, 15) is 0 Å². The quantitative estimate of drug-likeness (QED) is 0.149. The average molecular weight is 840 g/mol. The van der Waals surface area contributed by atoms with Crippen molar-refractivity contribution in [2.45, 2.75) is 0 Å². The fraction of sp³-hybridized carbons (Fsp3) is 0. The SMILES string of the molecule is c1ccc(-c2c(-c3ccccc3)c3cc(-c4ccc(N(c5ccc(-c6cc7ccccc7c7ccccc67)cc5)c5cccc6oc7ccccc7c56)cc4)ccc3c3ccccc23)cc1. The Morgan fingerprint density at radius 2 is 0.773 bits per heavy atom. The molecule has 0 aliphatic carbocycles. The van der Waals surface area contributed by atoms with Gasteiger partial charge in [0.15, 0.2) is 0 Å². The first kappa shape index (κ1) is 37.8. The van der Waals surface area contributed by atoms with Crippen LogP contribution in [0, 0.1) is 0 Å². The summed E-state index contributed by atoms with van der Waals surface area (Å²) in [5.74, 6) is 0. The Labute approximate surface area is 382 Å². The summed E-state index contributed by atoms with van der Waals surface area (Å²) in [7, 11) is 0. The van der Waals surface area contributed by atoms with E-state index in [1.165, 1.54) is 82.0 Å². The van der Waals surface area contributed by atoms with Gasteiger partial charge in [0.1, 0.15) is 11.2 Å². The second kappa shape index (κ2) is 15.5. The van der Waals surface area contributed by atoms with Crippen molar-refractivity contribution in [2.75, 3.05) is 4.90 Å². The Balaban J connectivity index is 0.970. The van der Waals surface area contributed by atoms with E-state index < -0.39 is 0 Å². The molecule has 0 fully saturated rings. The lowest BCUT2D eigenvalue weighted by Crippen LogP contribution is -2.10. The Morgan fingerprint density at radius 3 is 1.47 bits per heavy atom. The minimum Gasteiger partial charge on any atom is -0.456 e. The number of hydrogen-bond donors (Lipinski definition) is 0.